The molecule has 3 fully saturated rings. The summed E-state index contributed by atoms with van der Waals surface area (Å²) in [5, 5.41) is 0.327. The molecule has 1 aliphatic carbocycles. The molecule has 0 bridgehead atoms. The number of alkyl halides is 2. The Labute approximate surface area is 180 Å². The van der Waals surface area contributed by atoms with Crippen LogP contribution in [0.5, 0.6) is 0 Å². The second-order valence-electron chi connectivity index (χ2n) is 9.08. The van der Waals surface area contributed by atoms with Gasteiger partial charge in [-0.1, -0.05) is 25.4 Å². The van der Waals surface area contributed by atoms with Crippen molar-refractivity contribution in [3.05, 3.63) is 28.8 Å². The van der Waals surface area contributed by atoms with E-state index in [1.54, 1.807) is 0 Å². The first-order valence-electron chi connectivity index (χ1n) is 11.0. The number of hydrogen-bond donors (Lipinski definition) is 1. The quantitative estimate of drug-likeness (QED) is 0.695. The van der Waals surface area contributed by atoms with Crippen LogP contribution in [0.1, 0.15) is 45.4 Å². The van der Waals surface area contributed by atoms with Gasteiger partial charge in [0.25, 0.3) is 0 Å². The zero-order valence-corrected chi connectivity index (χ0v) is 18.4. The molecule has 8 heteroatoms. The molecular formula is C22H30ClF3N4. The van der Waals surface area contributed by atoms with E-state index in [0.717, 1.165) is 38.5 Å². The Morgan fingerprint density at radius 1 is 1.10 bits per heavy atom. The average molecular weight is 443 g/mol. The molecule has 0 atom stereocenters. The fourth-order valence-electron chi connectivity index (χ4n) is 5.27. The van der Waals surface area contributed by atoms with Crippen molar-refractivity contribution in [2.75, 3.05) is 32.7 Å². The van der Waals surface area contributed by atoms with Gasteiger partial charge in [0.1, 0.15) is 17.2 Å². The van der Waals surface area contributed by atoms with Crippen LogP contribution in [0.15, 0.2) is 12.1 Å². The van der Waals surface area contributed by atoms with E-state index in [0.29, 0.717) is 46.8 Å². The van der Waals surface area contributed by atoms with Crippen molar-refractivity contribution in [3.8, 4) is 0 Å². The Morgan fingerprint density at radius 2 is 1.73 bits per heavy atom. The van der Waals surface area contributed by atoms with Crippen molar-refractivity contribution in [3.63, 3.8) is 0 Å². The molecule has 0 amide bonds. The van der Waals surface area contributed by atoms with E-state index in [4.69, 9.17) is 11.6 Å². The molecule has 1 N–H and O–H groups in total. The summed E-state index contributed by atoms with van der Waals surface area (Å²) in [4.78, 5) is 12.4. The van der Waals surface area contributed by atoms with Crippen LogP contribution < -0.4 is 0 Å². The number of aromatic amines is 1. The first-order chi connectivity index (χ1) is 14.3. The lowest BCUT2D eigenvalue weighted by Crippen LogP contribution is -2.72. The van der Waals surface area contributed by atoms with Gasteiger partial charge in [-0.15, -0.1) is 0 Å². The van der Waals surface area contributed by atoms with E-state index in [9.17, 15) is 13.2 Å². The number of fused-ring (bicyclic) bond motifs is 1. The molecule has 1 aromatic heterocycles. The fraction of sp³-hybridized carbons (Fsp3) is 0.682. The first kappa shape index (κ1) is 21.9. The SMILES string of the molecule is CC.Fc1cc(Cl)c2nc(CN3CC4(C3)CN(CC3CCC(F)(F)CC3)C4)[nH]c2c1. The van der Waals surface area contributed by atoms with Gasteiger partial charge in [0.15, 0.2) is 0 Å². The maximum Gasteiger partial charge on any atom is 0.248 e. The molecule has 1 saturated carbocycles. The number of benzene rings is 1. The normalized spacial score (nSPS) is 23.7. The fourth-order valence-corrected chi connectivity index (χ4v) is 5.52. The highest BCUT2D eigenvalue weighted by Gasteiger charge is 2.51. The molecule has 4 nitrogen and oxygen atoms in total. The Bertz CT molecular complexity index is 876. The summed E-state index contributed by atoms with van der Waals surface area (Å²) in [5.74, 6) is -1.58. The average Bonchev–Trinajstić information content (AvgIpc) is 3.04. The highest BCUT2D eigenvalue weighted by molar-refractivity contribution is 6.34. The number of nitrogens with zero attached hydrogens (tertiary/aromatic N) is 3. The van der Waals surface area contributed by atoms with Crippen molar-refractivity contribution in [1.82, 2.24) is 19.8 Å². The maximum absolute atomic E-state index is 13.5. The summed E-state index contributed by atoms with van der Waals surface area (Å²) in [6.45, 7) is 9.83. The van der Waals surface area contributed by atoms with E-state index in [1.807, 2.05) is 13.8 Å². The third-order valence-corrected chi connectivity index (χ3v) is 6.80. The van der Waals surface area contributed by atoms with Crippen molar-refractivity contribution in [2.24, 2.45) is 11.3 Å². The molecule has 3 heterocycles. The summed E-state index contributed by atoms with van der Waals surface area (Å²) >= 11 is 6.07. The predicted molar refractivity (Wildman–Crippen MR) is 113 cm³/mol. The van der Waals surface area contributed by atoms with Crippen LogP contribution in [0.25, 0.3) is 11.0 Å². The number of aromatic nitrogens is 2. The molecule has 166 valence electrons. The van der Waals surface area contributed by atoms with Crippen LogP contribution >= 0.6 is 11.6 Å². The Kier molecular flexibility index (Phi) is 6.08. The summed E-state index contributed by atoms with van der Waals surface area (Å²) in [5.41, 5.74) is 1.60. The minimum absolute atomic E-state index is 0.0514. The third-order valence-electron chi connectivity index (χ3n) is 6.52. The van der Waals surface area contributed by atoms with Crippen molar-refractivity contribution >= 4 is 22.6 Å². The number of H-pyrrole nitrogens is 1. The number of nitrogens with one attached hydrogen (secondary N) is 1. The summed E-state index contributed by atoms with van der Waals surface area (Å²) in [6.07, 6.45) is 1.40. The summed E-state index contributed by atoms with van der Waals surface area (Å²) in [6, 6.07) is 2.70. The topological polar surface area (TPSA) is 35.2 Å². The van der Waals surface area contributed by atoms with Gasteiger partial charge in [-0.05, 0) is 30.9 Å². The zero-order chi connectivity index (χ0) is 21.5. The van der Waals surface area contributed by atoms with E-state index < -0.39 is 5.92 Å². The minimum atomic E-state index is -2.44. The molecule has 5 rings (SSSR count). The lowest BCUT2D eigenvalue weighted by Gasteiger charge is -2.61. The van der Waals surface area contributed by atoms with Crippen LogP contribution in [-0.4, -0.2) is 58.4 Å². The Balaban J connectivity index is 0.00000106. The molecule has 30 heavy (non-hydrogen) atoms. The lowest BCUT2D eigenvalue weighted by atomic mass is 9.72. The number of likely N-dealkylation sites (tertiary alicyclic amines) is 2. The van der Waals surface area contributed by atoms with Crippen LogP contribution in [0.3, 0.4) is 0 Å². The maximum atomic E-state index is 13.5. The van der Waals surface area contributed by atoms with E-state index >= 15 is 0 Å². The van der Waals surface area contributed by atoms with E-state index in [2.05, 4.69) is 19.8 Å². The van der Waals surface area contributed by atoms with Gasteiger partial charge in [0, 0.05) is 51.0 Å². The van der Waals surface area contributed by atoms with Crippen LogP contribution in [0.4, 0.5) is 13.2 Å². The molecule has 1 aromatic carbocycles. The second kappa shape index (κ2) is 8.32. The molecule has 0 radical (unpaired) electrons. The van der Waals surface area contributed by atoms with Crippen molar-refractivity contribution < 1.29 is 13.2 Å². The van der Waals surface area contributed by atoms with Gasteiger partial charge in [-0.3, -0.25) is 4.90 Å². The number of imidazole rings is 1. The van der Waals surface area contributed by atoms with E-state index in [1.165, 1.54) is 12.1 Å². The van der Waals surface area contributed by atoms with Crippen molar-refractivity contribution in [1.29, 1.82) is 0 Å². The first-order valence-corrected chi connectivity index (χ1v) is 11.3. The zero-order valence-electron chi connectivity index (χ0n) is 17.7. The molecule has 2 aliphatic heterocycles. The Hall–Kier alpha value is -1.31. The number of hydrogen-bond acceptors (Lipinski definition) is 3. The third kappa shape index (κ3) is 4.48. The molecule has 2 saturated heterocycles. The summed E-state index contributed by atoms with van der Waals surface area (Å²) in [7, 11) is 0. The lowest BCUT2D eigenvalue weighted by molar-refractivity contribution is -0.127. The molecule has 1 spiro atoms. The van der Waals surface area contributed by atoms with Gasteiger partial charge in [-0.25, -0.2) is 18.2 Å². The van der Waals surface area contributed by atoms with Gasteiger partial charge in [0.05, 0.1) is 17.1 Å². The highest BCUT2D eigenvalue weighted by atomic mass is 35.5. The monoisotopic (exact) mass is 442 g/mol. The molecule has 2 aromatic rings. The van der Waals surface area contributed by atoms with Gasteiger partial charge in [-0.2, -0.15) is 0 Å². The minimum Gasteiger partial charge on any atom is -0.341 e. The number of rotatable bonds is 4. The highest BCUT2D eigenvalue weighted by Crippen LogP contribution is 2.42. The Morgan fingerprint density at radius 3 is 2.40 bits per heavy atom. The molecule has 3 aliphatic rings. The standard InChI is InChI=1S/C20H24ClF3N4.C2H6/c21-15-5-14(22)6-16-18(15)26-17(25-16)8-28-11-19(12-28)9-27(10-19)7-13-1-3-20(23,24)4-2-13;1-2/h5-6,13H,1-4,7-12H2,(H,25,26);1-2H3. The smallest absolute Gasteiger partial charge is 0.248 e. The predicted octanol–water partition coefficient (Wildman–Crippen LogP) is 5.32. The summed E-state index contributed by atoms with van der Waals surface area (Å²) < 4.78 is 40.0. The van der Waals surface area contributed by atoms with Crippen LogP contribution in [0.2, 0.25) is 5.02 Å². The molecular weight excluding hydrogens is 413 g/mol. The van der Waals surface area contributed by atoms with Crippen LogP contribution in [-0.2, 0) is 6.54 Å². The largest absolute Gasteiger partial charge is 0.341 e. The van der Waals surface area contributed by atoms with Crippen molar-refractivity contribution in [2.45, 2.75) is 52.0 Å². The van der Waals surface area contributed by atoms with Gasteiger partial charge >= 0.3 is 0 Å². The van der Waals surface area contributed by atoms with Crippen LogP contribution in [0, 0.1) is 17.2 Å². The number of halogens is 4. The van der Waals surface area contributed by atoms with Gasteiger partial charge < -0.3 is 9.88 Å². The van der Waals surface area contributed by atoms with Gasteiger partial charge in [0.2, 0.25) is 5.92 Å². The molecule has 0 unspecified atom stereocenters. The second-order valence-corrected chi connectivity index (χ2v) is 9.49. The van der Waals surface area contributed by atoms with E-state index in [-0.39, 0.29) is 18.7 Å².